The number of nitrogens with one attached hydrogen (secondary N) is 1. The van der Waals surface area contributed by atoms with Gasteiger partial charge in [0, 0.05) is 18.7 Å². The molecule has 9 heteroatoms. The summed E-state index contributed by atoms with van der Waals surface area (Å²) in [5, 5.41) is 10.8. The fourth-order valence-corrected chi connectivity index (χ4v) is 1.51. The van der Waals surface area contributed by atoms with Crippen molar-refractivity contribution in [3.05, 3.63) is 23.3 Å². The SMILES string of the molecule is Cc1cc(C(=O)NCCCCC(=O)O)nc(C(F)(F)F)n1. The van der Waals surface area contributed by atoms with Gasteiger partial charge in [-0.25, -0.2) is 9.97 Å². The third kappa shape index (κ3) is 5.76. The number of carbonyl (C=O) groups is 2. The summed E-state index contributed by atoms with van der Waals surface area (Å²) >= 11 is 0. The molecule has 0 unspecified atom stereocenters. The molecule has 6 nitrogen and oxygen atoms in total. The number of aryl methyl sites for hydroxylation is 1. The van der Waals surface area contributed by atoms with Gasteiger partial charge in [0.15, 0.2) is 0 Å². The second-order valence-electron chi connectivity index (χ2n) is 4.32. The van der Waals surface area contributed by atoms with Gasteiger partial charge in [0.2, 0.25) is 5.82 Å². The Morgan fingerprint density at radius 3 is 2.52 bits per heavy atom. The van der Waals surface area contributed by atoms with Crippen LogP contribution in [-0.2, 0) is 11.0 Å². The van der Waals surface area contributed by atoms with E-state index in [1.807, 2.05) is 0 Å². The van der Waals surface area contributed by atoms with Crippen LogP contribution >= 0.6 is 0 Å². The normalized spacial score (nSPS) is 11.2. The molecule has 0 radical (unpaired) electrons. The zero-order valence-corrected chi connectivity index (χ0v) is 11.2. The molecule has 0 fully saturated rings. The van der Waals surface area contributed by atoms with Gasteiger partial charge in [0.25, 0.3) is 5.91 Å². The summed E-state index contributed by atoms with van der Waals surface area (Å²) < 4.78 is 37.6. The number of hydrogen-bond donors (Lipinski definition) is 2. The molecule has 1 rings (SSSR count). The molecule has 116 valence electrons. The molecule has 1 aromatic rings. The monoisotopic (exact) mass is 305 g/mol. The van der Waals surface area contributed by atoms with Crippen molar-refractivity contribution in [2.75, 3.05) is 6.54 Å². The Balaban J connectivity index is 2.62. The molecule has 1 aromatic heterocycles. The Kier molecular flexibility index (Phi) is 5.62. The van der Waals surface area contributed by atoms with Crippen molar-refractivity contribution in [1.29, 1.82) is 0 Å². The quantitative estimate of drug-likeness (QED) is 0.782. The molecule has 0 saturated carbocycles. The summed E-state index contributed by atoms with van der Waals surface area (Å²) in [6, 6.07) is 1.15. The van der Waals surface area contributed by atoms with Crippen LogP contribution in [0.2, 0.25) is 0 Å². The first kappa shape index (κ1) is 16.9. The van der Waals surface area contributed by atoms with Crippen LogP contribution < -0.4 is 5.32 Å². The van der Waals surface area contributed by atoms with Crippen LogP contribution in [0.15, 0.2) is 6.07 Å². The van der Waals surface area contributed by atoms with E-state index in [2.05, 4.69) is 15.3 Å². The Bertz CT molecular complexity index is 532. The molecule has 0 aromatic carbocycles. The Morgan fingerprint density at radius 1 is 1.29 bits per heavy atom. The summed E-state index contributed by atoms with van der Waals surface area (Å²) in [6.45, 7) is 1.50. The highest BCUT2D eigenvalue weighted by atomic mass is 19.4. The number of halogens is 3. The molecule has 21 heavy (non-hydrogen) atoms. The van der Waals surface area contributed by atoms with Crippen molar-refractivity contribution in [2.45, 2.75) is 32.4 Å². The minimum Gasteiger partial charge on any atom is -0.481 e. The summed E-state index contributed by atoms with van der Waals surface area (Å²) in [5.74, 6) is -3.05. The van der Waals surface area contributed by atoms with Gasteiger partial charge in [0.05, 0.1) is 0 Å². The number of aromatic nitrogens is 2. The van der Waals surface area contributed by atoms with Gasteiger partial charge in [-0.2, -0.15) is 13.2 Å². The van der Waals surface area contributed by atoms with Gasteiger partial charge in [-0.05, 0) is 25.8 Å². The van der Waals surface area contributed by atoms with E-state index >= 15 is 0 Å². The number of unbranched alkanes of at least 4 members (excludes halogenated alkanes) is 1. The minimum absolute atomic E-state index is 0.0271. The largest absolute Gasteiger partial charge is 0.481 e. The first-order valence-corrected chi connectivity index (χ1v) is 6.13. The lowest BCUT2D eigenvalue weighted by Gasteiger charge is -2.09. The molecule has 1 heterocycles. The number of carboxylic acid groups (broad SMARTS) is 1. The highest BCUT2D eigenvalue weighted by Gasteiger charge is 2.35. The number of amides is 1. The van der Waals surface area contributed by atoms with Crippen LogP contribution in [0, 0.1) is 6.92 Å². The second kappa shape index (κ2) is 7.00. The number of alkyl halides is 3. The Morgan fingerprint density at radius 2 is 1.95 bits per heavy atom. The Hall–Kier alpha value is -2.19. The number of nitrogens with zero attached hydrogens (tertiary/aromatic N) is 2. The maximum Gasteiger partial charge on any atom is 0.451 e. The zero-order chi connectivity index (χ0) is 16.0. The number of carbonyl (C=O) groups excluding carboxylic acids is 1. The van der Waals surface area contributed by atoms with Crippen molar-refractivity contribution in [2.24, 2.45) is 0 Å². The van der Waals surface area contributed by atoms with E-state index in [9.17, 15) is 22.8 Å². The van der Waals surface area contributed by atoms with Gasteiger partial charge in [0.1, 0.15) is 5.69 Å². The van der Waals surface area contributed by atoms with Crippen molar-refractivity contribution in [3.63, 3.8) is 0 Å². The smallest absolute Gasteiger partial charge is 0.451 e. The molecule has 0 saturated heterocycles. The molecule has 2 N–H and O–H groups in total. The van der Waals surface area contributed by atoms with Crippen molar-refractivity contribution >= 4 is 11.9 Å². The lowest BCUT2D eigenvalue weighted by Crippen LogP contribution is -2.27. The average molecular weight is 305 g/mol. The summed E-state index contributed by atoms with van der Waals surface area (Å²) in [5.41, 5.74) is -0.332. The van der Waals surface area contributed by atoms with E-state index in [-0.39, 0.29) is 24.4 Å². The van der Waals surface area contributed by atoms with Crippen LogP contribution in [0.5, 0.6) is 0 Å². The van der Waals surface area contributed by atoms with Crippen molar-refractivity contribution in [3.8, 4) is 0 Å². The van der Waals surface area contributed by atoms with Crippen molar-refractivity contribution in [1.82, 2.24) is 15.3 Å². The van der Waals surface area contributed by atoms with Crippen LogP contribution in [0.25, 0.3) is 0 Å². The van der Waals surface area contributed by atoms with Crippen LogP contribution in [-0.4, -0.2) is 33.5 Å². The van der Waals surface area contributed by atoms with Gasteiger partial charge in [-0.3, -0.25) is 9.59 Å². The fourth-order valence-electron chi connectivity index (χ4n) is 1.51. The number of rotatable bonds is 6. The van der Waals surface area contributed by atoms with E-state index in [1.54, 1.807) is 0 Å². The molecule has 0 atom stereocenters. The summed E-state index contributed by atoms with van der Waals surface area (Å²) in [7, 11) is 0. The minimum atomic E-state index is -4.72. The highest BCUT2D eigenvalue weighted by molar-refractivity contribution is 5.92. The molecular weight excluding hydrogens is 291 g/mol. The standard InChI is InChI=1S/C12H14F3N3O3/c1-7-6-8(18-11(17-7)12(13,14)15)10(21)16-5-3-2-4-9(19)20/h6H,2-5H2,1H3,(H,16,21)(H,19,20). The average Bonchev–Trinajstić information content (AvgIpc) is 2.36. The van der Waals surface area contributed by atoms with Crippen LogP contribution in [0.4, 0.5) is 13.2 Å². The van der Waals surface area contributed by atoms with Gasteiger partial charge >= 0.3 is 12.1 Å². The van der Waals surface area contributed by atoms with Crippen LogP contribution in [0.1, 0.15) is 41.3 Å². The predicted molar refractivity (Wildman–Crippen MR) is 65.6 cm³/mol. The van der Waals surface area contributed by atoms with Crippen LogP contribution in [0.3, 0.4) is 0 Å². The first-order chi connectivity index (χ1) is 9.70. The lowest BCUT2D eigenvalue weighted by molar-refractivity contribution is -0.145. The molecule has 0 aliphatic carbocycles. The maximum absolute atomic E-state index is 12.5. The van der Waals surface area contributed by atoms with Crippen molar-refractivity contribution < 1.29 is 27.9 Å². The predicted octanol–water partition coefficient (Wildman–Crippen LogP) is 1.79. The maximum atomic E-state index is 12.5. The summed E-state index contributed by atoms with van der Waals surface area (Å²) in [6.07, 6.45) is -3.97. The second-order valence-corrected chi connectivity index (χ2v) is 4.32. The molecule has 1 amide bonds. The van der Waals surface area contributed by atoms with Gasteiger partial charge in [-0.1, -0.05) is 0 Å². The van der Waals surface area contributed by atoms with E-state index in [4.69, 9.17) is 5.11 Å². The molecular formula is C12H14F3N3O3. The van der Waals surface area contributed by atoms with Gasteiger partial charge < -0.3 is 10.4 Å². The molecule has 0 bridgehead atoms. The topological polar surface area (TPSA) is 92.2 Å². The van der Waals surface area contributed by atoms with E-state index in [1.165, 1.54) is 6.92 Å². The highest BCUT2D eigenvalue weighted by Crippen LogP contribution is 2.26. The number of hydrogen-bond acceptors (Lipinski definition) is 4. The van der Waals surface area contributed by atoms with E-state index < -0.39 is 23.9 Å². The van der Waals surface area contributed by atoms with E-state index in [0.717, 1.165) is 6.07 Å². The molecule has 0 aliphatic heterocycles. The lowest BCUT2D eigenvalue weighted by atomic mass is 10.2. The third-order valence-electron chi connectivity index (χ3n) is 2.44. The molecule has 0 aliphatic rings. The number of aliphatic carboxylic acids is 1. The Labute approximate surface area is 118 Å². The summed E-state index contributed by atoms with van der Waals surface area (Å²) in [4.78, 5) is 28.4. The van der Waals surface area contributed by atoms with E-state index in [0.29, 0.717) is 12.8 Å². The van der Waals surface area contributed by atoms with Gasteiger partial charge in [-0.15, -0.1) is 0 Å². The first-order valence-electron chi connectivity index (χ1n) is 6.13. The molecule has 0 spiro atoms. The number of carboxylic acids is 1. The fraction of sp³-hybridized carbons (Fsp3) is 0.500. The zero-order valence-electron chi connectivity index (χ0n) is 11.2. The third-order valence-corrected chi connectivity index (χ3v) is 2.44.